The molecular formula is C16H18N6O3. The zero-order valence-corrected chi connectivity index (χ0v) is 13.8. The van der Waals surface area contributed by atoms with E-state index in [1.807, 2.05) is 24.3 Å². The number of hydrogen-bond donors (Lipinski definition) is 0. The average molecular weight is 342 g/mol. The molecule has 2 aliphatic rings. The molecule has 0 aliphatic carbocycles. The van der Waals surface area contributed by atoms with Crippen LogP contribution in [0.25, 0.3) is 11.0 Å². The number of amides is 3. The lowest BCUT2D eigenvalue weighted by Crippen LogP contribution is -2.66. The van der Waals surface area contributed by atoms with Crippen molar-refractivity contribution in [3.05, 3.63) is 24.3 Å². The second kappa shape index (κ2) is 5.83. The van der Waals surface area contributed by atoms with E-state index in [0.717, 1.165) is 11.0 Å². The first kappa shape index (κ1) is 15.6. The lowest BCUT2D eigenvalue weighted by molar-refractivity contribution is -0.160. The van der Waals surface area contributed by atoms with E-state index in [4.69, 9.17) is 0 Å². The normalized spacial score (nSPS) is 21.0. The second-order valence-electron chi connectivity index (χ2n) is 6.36. The summed E-state index contributed by atoms with van der Waals surface area (Å²) < 4.78 is 0. The quantitative estimate of drug-likeness (QED) is 0.694. The molecule has 2 aromatic rings. The van der Waals surface area contributed by atoms with Gasteiger partial charge in [-0.15, -0.1) is 0 Å². The van der Waals surface area contributed by atoms with Gasteiger partial charge in [-0.3, -0.25) is 14.4 Å². The van der Waals surface area contributed by atoms with Crippen molar-refractivity contribution < 1.29 is 14.4 Å². The standard InChI is InChI=1S/C16H18N6O3/c1-19-9-15(24)21-7-6-20(8-13(21)16(19)25)14(23)10-22-17-11-4-2-3-5-12(11)18-22/h2-5,13H,6-10H2,1H3. The van der Waals surface area contributed by atoms with E-state index in [-0.39, 0.29) is 37.4 Å². The zero-order valence-electron chi connectivity index (χ0n) is 13.8. The summed E-state index contributed by atoms with van der Waals surface area (Å²) in [7, 11) is 1.61. The van der Waals surface area contributed by atoms with Crippen molar-refractivity contribution in [1.29, 1.82) is 0 Å². The molecular weight excluding hydrogens is 324 g/mol. The Labute approximate surface area is 143 Å². The molecule has 0 radical (unpaired) electrons. The minimum absolute atomic E-state index is 0.0133. The van der Waals surface area contributed by atoms with E-state index in [2.05, 4.69) is 10.2 Å². The summed E-state index contributed by atoms with van der Waals surface area (Å²) in [6, 6.07) is 6.82. The monoisotopic (exact) mass is 342 g/mol. The Bertz CT molecular complexity index is 829. The van der Waals surface area contributed by atoms with E-state index in [1.54, 1.807) is 16.8 Å². The topological polar surface area (TPSA) is 91.6 Å². The summed E-state index contributed by atoms with van der Waals surface area (Å²) in [6.07, 6.45) is 0. The zero-order chi connectivity index (χ0) is 17.6. The SMILES string of the molecule is CN1CC(=O)N2CCN(C(=O)Cn3nc4ccccc4n3)CC2C1=O. The van der Waals surface area contributed by atoms with Crippen LogP contribution >= 0.6 is 0 Å². The highest BCUT2D eigenvalue weighted by Gasteiger charge is 2.42. The molecule has 9 heteroatoms. The van der Waals surface area contributed by atoms with Gasteiger partial charge in [0.2, 0.25) is 17.7 Å². The maximum atomic E-state index is 12.6. The minimum Gasteiger partial charge on any atom is -0.337 e. The molecule has 0 saturated carbocycles. The van der Waals surface area contributed by atoms with E-state index in [9.17, 15) is 14.4 Å². The van der Waals surface area contributed by atoms with Crippen LogP contribution in [0.2, 0.25) is 0 Å². The third-order valence-corrected chi connectivity index (χ3v) is 4.69. The van der Waals surface area contributed by atoms with Gasteiger partial charge in [0.1, 0.15) is 23.6 Å². The summed E-state index contributed by atoms with van der Waals surface area (Å²) in [4.78, 5) is 42.9. The maximum absolute atomic E-state index is 12.6. The van der Waals surface area contributed by atoms with Crippen molar-refractivity contribution in [3.63, 3.8) is 0 Å². The number of hydrogen-bond acceptors (Lipinski definition) is 5. The van der Waals surface area contributed by atoms with Crippen molar-refractivity contribution in [2.24, 2.45) is 0 Å². The van der Waals surface area contributed by atoms with Crippen LogP contribution < -0.4 is 0 Å². The van der Waals surface area contributed by atoms with Crippen LogP contribution in [0.5, 0.6) is 0 Å². The van der Waals surface area contributed by atoms with E-state index in [1.165, 1.54) is 9.70 Å². The fraction of sp³-hybridized carbons (Fsp3) is 0.438. The predicted molar refractivity (Wildman–Crippen MR) is 87.2 cm³/mol. The van der Waals surface area contributed by atoms with Gasteiger partial charge in [0, 0.05) is 20.1 Å². The Hall–Kier alpha value is -2.97. The number of carbonyl (C=O) groups is 3. The Kier molecular flexibility index (Phi) is 3.63. The van der Waals surface area contributed by atoms with Gasteiger partial charge in [0.05, 0.1) is 13.1 Å². The summed E-state index contributed by atoms with van der Waals surface area (Å²) in [5, 5.41) is 8.57. The van der Waals surface area contributed by atoms with Crippen molar-refractivity contribution in [2.75, 3.05) is 33.2 Å². The van der Waals surface area contributed by atoms with Crippen LogP contribution in [0.1, 0.15) is 0 Å². The van der Waals surface area contributed by atoms with Gasteiger partial charge < -0.3 is 14.7 Å². The van der Waals surface area contributed by atoms with Crippen LogP contribution in [0.3, 0.4) is 0 Å². The van der Waals surface area contributed by atoms with Gasteiger partial charge in [-0.05, 0) is 12.1 Å². The van der Waals surface area contributed by atoms with Crippen molar-refractivity contribution in [1.82, 2.24) is 29.7 Å². The summed E-state index contributed by atoms with van der Waals surface area (Å²) in [5.74, 6) is -0.354. The van der Waals surface area contributed by atoms with Crippen molar-refractivity contribution >= 4 is 28.8 Å². The molecule has 3 heterocycles. The van der Waals surface area contributed by atoms with Gasteiger partial charge in [0.15, 0.2) is 0 Å². The fourth-order valence-corrected chi connectivity index (χ4v) is 3.34. The lowest BCUT2D eigenvalue weighted by Gasteiger charge is -2.45. The number of aromatic nitrogens is 3. The van der Waals surface area contributed by atoms with Crippen LogP contribution in [-0.2, 0) is 20.9 Å². The maximum Gasteiger partial charge on any atom is 0.247 e. The van der Waals surface area contributed by atoms with Crippen LogP contribution in [-0.4, -0.2) is 86.7 Å². The molecule has 4 rings (SSSR count). The number of likely N-dealkylation sites (N-methyl/N-ethyl adjacent to an activating group) is 1. The highest BCUT2D eigenvalue weighted by molar-refractivity contribution is 5.95. The van der Waals surface area contributed by atoms with Gasteiger partial charge in [0.25, 0.3) is 0 Å². The molecule has 130 valence electrons. The summed E-state index contributed by atoms with van der Waals surface area (Å²) in [6.45, 7) is 1.13. The number of rotatable bonds is 2. The average Bonchev–Trinajstić information content (AvgIpc) is 3.01. The highest BCUT2D eigenvalue weighted by Crippen LogP contribution is 2.17. The molecule has 9 nitrogen and oxygen atoms in total. The molecule has 1 aromatic heterocycles. The Morgan fingerprint density at radius 3 is 2.52 bits per heavy atom. The van der Waals surface area contributed by atoms with Gasteiger partial charge in [-0.25, -0.2) is 0 Å². The first-order valence-corrected chi connectivity index (χ1v) is 8.15. The van der Waals surface area contributed by atoms with Crippen molar-refractivity contribution in [2.45, 2.75) is 12.6 Å². The van der Waals surface area contributed by atoms with E-state index in [0.29, 0.717) is 13.1 Å². The molecule has 0 bridgehead atoms. The Morgan fingerprint density at radius 2 is 1.84 bits per heavy atom. The first-order chi connectivity index (χ1) is 12.0. The second-order valence-corrected chi connectivity index (χ2v) is 6.36. The van der Waals surface area contributed by atoms with Gasteiger partial charge in [-0.2, -0.15) is 15.0 Å². The number of benzene rings is 1. The number of fused-ring (bicyclic) bond motifs is 2. The molecule has 0 N–H and O–H groups in total. The number of nitrogens with zero attached hydrogens (tertiary/aromatic N) is 6. The highest BCUT2D eigenvalue weighted by atomic mass is 16.2. The largest absolute Gasteiger partial charge is 0.337 e. The molecule has 1 aromatic carbocycles. The van der Waals surface area contributed by atoms with Crippen molar-refractivity contribution in [3.8, 4) is 0 Å². The van der Waals surface area contributed by atoms with Gasteiger partial charge in [-0.1, -0.05) is 12.1 Å². The summed E-state index contributed by atoms with van der Waals surface area (Å²) in [5.41, 5.74) is 1.46. The van der Waals surface area contributed by atoms with Crippen LogP contribution in [0.4, 0.5) is 0 Å². The fourth-order valence-electron chi connectivity index (χ4n) is 3.34. The third-order valence-electron chi connectivity index (χ3n) is 4.69. The molecule has 2 fully saturated rings. The number of piperazine rings is 2. The Balaban J connectivity index is 1.47. The summed E-state index contributed by atoms with van der Waals surface area (Å²) >= 11 is 0. The number of carbonyl (C=O) groups excluding carboxylic acids is 3. The molecule has 1 atom stereocenters. The molecule has 0 spiro atoms. The third kappa shape index (κ3) is 2.71. The van der Waals surface area contributed by atoms with Crippen LogP contribution in [0.15, 0.2) is 24.3 Å². The smallest absolute Gasteiger partial charge is 0.247 e. The van der Waals surface area contributed by atoms with E-state index < -0.39 is 6.04 Å². The molecule has 2 aliphatic heterocycles. The van der Waals surface area contributed by atoms with E-state index >= 15 is 0 Å². The van der Waals surface area contributed by atoms with Crippen LogP contribution in [0, 0.1) is 0 Å². The molecule has 1 unspecified atom stereocenters. The molecule has 25 heavy (non-hydrogen) atoms. The minimum atomic E-state index is -0.589. The van der Waals surface area contributed by atoms with Gasteiger partial charge >= 0.3 is 0 Å². The molecule has 3 amide bonds. The predicted octanol–water partition coefficient (Wildman–Crippen LogP) is -1.06. The first-order valence-electron chi connectivity index (χ1n) is 8.15. The molecule has 2 saturated heterocycles. The lowest BCUT2D eigenvalue weighted by atomic mass is 10.1. The Morgan fingerprint density at radius 1 is 1.16 bits per heavy atom.